The summed E-state index contributed by atoms with van der Waals surface area (Å²) in [5, 5.41) is 4.06. The second-order valence-electron chi connectivity index (χ2n) is 5.96. The first-order chi connectivity index (χ1) is 12.7. The fraction of sp³-hybridized carbons (Fsp3) is 0.222. The van der Waals surface area contributed by atoms with Crippen molar-refractivity contribution in [3.63, 3.8) is 0 Å². The number of nitrogens with one attached hydrogen (secondary N) is 1. The number of carbonyl (C=O) groups is 2. The van der Waals surface area contributed by atoms with Gasteiger partial charge in [0.1, 0.15) is 0 Å². The molecular formula is C18H16N4O2S2. The lowest BCUT2D eigenvalue weighted by molar-refractivity contribution is -0.115. The molecular weight excluding hydrogens is 368 g/mol. The van der Waals surface area contributed by atoms with Crippen LogP contribution in [0.1, 0.15) is 23.3 Å². The third-order valence-corrected chi connectivity index (χ3v) is 5.86. The number of aromatic nitrogens is 1. The van der Waals surface area contributed by atoms with Gasteiger partial charge in [-0.1, -0.05) is 41.7 Å². The summed E-state index contributed by atoms with van der Waals surface area (Å²) in [6, 6.07) is 10.2. The zero-order chi connectivity index (χ0) is 17.9. The molecule has 0 spiro atoms. The van der Waals surface area contributed by atoms with Gasteiger partial charge in [-0.05, 0) is 36.2 Å². The number of nitrogens with zero attached hydrogens (tertiary/aromatic N) is 3. The SMILES string of the molecule is O=CN(c1ncc(/C=C2\S/C(=N\Cc3ccccc3)NC2=O)s1)C1CC1. The average Bonchev–Trinajstić information content (AvgIpc) is 3.28. The van der Waals surface area contributed by atoms with Gasteiger partial charge in [0.05, 0.1) is 16.3 Å². The number of aliphatic imine (C=N–C) groups is 1. The van der Waals surface area contributed by atoms with Crippen molar-refractivity contribution in [1.82, 2.24) is 10.3 Å². The standard InChI is InChI=1S/C18H16N4O2S2/c23-11-22(13-6-7-13)18-20-10-14(25-18)8-15-16(24)21-17(26-15)19-9-12-4-2-1-3-5-12/h1-5,8,10-11,13H,6-7,9H2,(H,19,21,24)/b15-8-. The van der Waals surface area contributed by atoms with Gasteiger partial charge in [0.25, 0.3) is 5.91 Å². The van der Waals surface area contributed by atoms with Gasteiger partial charge in [0, 0.05) is 12.2 Å². The molecule has 2 aliphatic rings. The minimum atomic E-state index is -0.161. The van der Waals surface area contributed by atoms with E-state index in [1.807, 2.05) is 30.3 Å². The molecule has 0 bridgehead atoms. The van der Waals surface area contributed by atoms with E-state index in [4.69, 9.17) is 0 Å². The monoisotopic (exact) mass is 384 g/mol. The summed E-state index contributed by atoms with van der Waals surface area (Å²) in [5.41, 5.74) is 1.09. The molecule has 132 valence electrons. The average molecular weight is 384 g/mol. The molecule has 1 N–H and O–H groups in total. The summed E-state index contributed by atoms with van der Waals surface area (Å²) in [5.74, 6) is -0.161. The third-order valence-electron chi connectivity index (χ3n) is 3.96. The molecule has 8 heteroatoms. The lowest BCUT2D eigenvalue weighted by atomic mass is 10.2. The van der Waals surface area contributed by atoms with Crippen LogP contribution in [-0.4, -0.2) is 28.5 Å². The molecule has 1 saturated heterocycles. The summed E-state index contributed by atoms with van der Waals surface area (Å²) in [7, 11) is 0. The van der Waals surface area contributed by atoms with Crippen LogP contribution in [0.25, 0.3) is 6.08 Å². The Morgan fingerprint density at radius 3 is 2.85 bits per heavy atom. The predicted molar refractivity (Wildman–Crippen MR) is 105 cm³/mol. The highest BCUT2D eigenvalue weighted by Gasteiger charge is 2.31. The fourth-order valence-corrected chi connectivity index (χ4v) is 4.26. The lowest BCUT2D eigenvalue weighted by Gasteiger charge is -2.11. The van der Waals surface area contributed by atoms with E-state index >= 15 is 0 Å². The maximum Gasteiger partial charge on any atom is 0.264 e. The van der Waals surface area contributed by atoms with Crippen LogP contribution in [0.5, 0.6) is 0 Å². The van der Waals surface area contributed by atoms with Crippen molar-refractivity contribution in [2.75, 3.05) is 4.90 Å². The zero-order valence-corrected chi connectivity index (χ0v) is 15.4. The second-order valence-corrected chi connectivity index (χ2v) is 8.03. The first kappa shape index (κ1) is 17.0. The van der Waals surface area contributed by atoms with Crippen molar-refractivity contribution in [3.8, 4) is 0 Å². The van der Waals surface area contributed by atoms with E-state index in [0.29, 0.717) is 21.7 Å². The third kappa shape index (κ3) is 3.86. The van der Waals surface area contributed by atoms with E-state index in [2.05, 4.69) is 15.3 Å². The second kappa shape index (κ2) is 7.43. The van der Waals surface area contributed by atoms with Crippen molar-refractivity contribution in [2.45, 2.75) is 25.4 Å². The number of amidine groups is 1. The fourth-order valence-electron chi connectivity index (χ4n) is 2.48. The maximum atomic E-state index is 12.2. The van der Waals surface area contributed by atoms with Gasteiger partial charge in [-0.2, -0.15) is 0 Å². The summed E-state index contributed by atoms with van der Waals surface area (Å²) in [6.07, 6.45) is 6.36. The number of thiazole rings is 1. The Labute approximate surface area is 159 Å². The molecule has 26 heavy (non-hydrogen) atoms. The van der Waals surface area contributed by atoms with Crippen LogP contribution in [0.4, 0.5) is 5.13 Å². The summed E-state index contributed by atoms with van der Waals surface area (Å²) >= 11 is 2.73. The van der Waals surface area contributed by atoms with Crippen molar-refractivity contribution < 1.29 is 9.59 Å². The van der Waals surface area contributed by atoms with E-state index in [9.17, 15) is 9.59 Å². The highest BCUT2D eigenvalue weighted by Crippen LogP contribution is 2.34. The molecule has 1 aromatic heterocycles. The van der Waals surface area contributed by atoms with Gasteiger partial charge < -0.3 is 5.32 Å². The highest BCUT2D eigenvalue weighted by atomic mass is 32.2. The summed E-state index contributed by atoms with van der Waals surface area (Å²) < 4.78 is 0. The number of thioether (sulfide) groups is 1. The number of rotatable bonds is 6. The van der Waals surface area contributed by atoms with Gasteiger partial charge in [-0.25, -0.2) is 4.98 Å². The molecule has 1 aliphatic heterocycles. The van der Waals surface area contributed by atoms with Gasteiger partial charge in [-0.15, -0.1) is 0 Å². The zero-order valence-electron chi connectivity index (χ0n) is 13.8. The number of carbonyl (C=O) groups excluding carboxylic acids is 2. The molecule has 0 atom stereocenters. The van der Waals surface area contributed by atoms with Gasteiger partial charge in [0.15, 0.2) is 10.3 Å². The predicted octanol–water partition coefficient (Wildman–Crippen LogP) is 3.03. The maximum absolute atomic E-state index is 12.2. The van der Waals surface area contributed by atoms with Crippen molar-refractivity contribution in [3.05, 3.63) is 51.9 Å². The Balaban J connectivity index is 1.45. The van der Waals surface area contributed by atoms with E-state index in [1.54, 1.807) is 17.2 Å². The van der Waals surface area contributed by atoms with Gasteiger partial charge in [0.2, 0.25) is 6.41 Å². The van der Waals surface area contributed by atoms with Crippen LogP contribution in [0.2, 0.25) is 0 Å². The van der Waals surface area contributed by atoms with Crippen LogP contribution in [-0.2, 0) is 16.1 Å². The number of hydrogen-bond donors (Lipinski definition) is 1. The molecule has 4 rings (SSSR count). The minimum absolute atomic E-state index is 0.161. The molecule has 2 aromatic rings. The number of hydrogen-bond acceptors (Lipinski definition) is 6. The van der Waals surface area contributed by atoms with E-state index < -0.39 is 0 Å². The Hall–Kier alpha value is -2.45. The highest BCUT2D eigenvalue weighted by molar-refractivity contribution is 8.18. The van der Waals surface area contributed by atoms with Crippen molar-refractivity contribution in [2.24, 2.45) is 4.99 Å². The van der Waals surface area contributed by atoms with E-state index in [-0.39, 0.29) is 11.9 Å². The van der Waals surface area contributed by atoms with Gasteiger partial charge >= 0.3 is 0 Å². The molecule has 1 aliphatic carbocycles. The topological polar surface area (TPSA) is 74.7 Å². The molecule has 6 nitrogen and oxygen atoms in total. The van der Waals surface area contributed by atoms with Crippen LogP contribution in [0.3, 0.4) is 0 Å². The minimum Gasteiger partial charge on any atom is -0.301 e. The number of anilines is 1. The number of benzene rings is 1. The van der Waals surface area contributed by atoms with Crippen molar-refractivity contribution in [1.29, 1.82) is 0 Å². The van der Waals surface area contributed by atoms with E-state index in [0.717, 1.165) is 29.7 Å². The van der Waals surface area contributed by atoms with E-state index in [1.165, 1.54) is 23.1 Å². The molecule has 0 radical (unpaired) electrons. The molecule has 2 amide bonds. The van der Waals surface area contributed by atoms with Crippen LogP contribution in [0.15, 0.2) is 46.4 Å². The molecule has 0 unspecified atom stereocenters. The largest absolute Gasteiger partial charge is 0.301 e. The smallest absolute Gasteiger partial charge is 0.264 e. The Morgan fingerprint density at radius 2 is 2.12 bits per heavy atom. The first-order valence-corrected chi connectivity index (χ1v) is 9.85. The molecule has 1 aromatic carbocycles. The Morgan fingerprint density at radius 1 is 1.31 bits per heavy atom. The molecule has 1 saturated carbocycles. The summed E-state index contributed by atoms with van der Waals surface area (Å²) in [6.45, 7) is 0.525. The summed E-state index contributed by atoms with van der Waals surface area (Å²) in [4.78, 5) is 35.2. The molecule has 2 fully saturated rings. The molecule has 2 heterocycles. The Bertz CT molecular complexity index is 888. The number of amides is 2. The first-order valence-electron chi connectivity index (χ1n) is 8.21. The Kier molecular flexibility index (Phi) is 4.85. The van der Waals surface area contributed by atoms with Crippen LogP contribution >= 0.6 is 23.1 Å². The quantitative estimate of drug-likeness (QED) is 0.614. The lowest BCUT2D eigenvalue weighted by Crippen LogP contribution is -2.22. The van der Waals surface area contributed by atoms with Crippen molar-refractivity contribution >= 4 is 51.8 Å². The van der Waals surface area contributed by atoms with Crippen LogP contribution in [0, 0.1) is 0 Å². The van der Waals surface area contributed by atoms with Crippen LogP contribution < -0.4 is 10.2 Å². The normalized spacial score (nSPS) is 19.8. The van der Waals surface area contributed by atoms with Gasteiger partial charge in [-0.3, -0.25) is 19.5 Å².